The van der Waals surface area contributed by atoms with Gasteiger partial charge in [0.05, 0.1) is 24.8 Å². The molecule has 1 aromatic carbocycles. The molecule has 2 heterocycles. The van der Waals surface area contributed by atoms with Crippen molar-refractivity contribution >= 4 is 5.91 Å². The Balaban J connectivity index is 1.62. The van der Waals surface area contributed by atoms with E-state index in [2.05, 4.69) is 10.2 Å². The van der Waals surface area contributed by atoms with Crippen LogP contribution in [0.1, 0.15) is 44.7 Å². The second-order valence-electron chi connectivity index (χ2n) is 7.08. The summed E-state index contributed by atoms with van der Waals surface area (Å²) in [5.74, 6) is 0.877. The summed E-state index contributed by atoms with van der Waals surface area (Å²) < 4.78 is 5.64. The Labute approximate surface area is 137 Å². The molecule has 0 bridgehead atoms. The maximum atomic E-state index is 12.5. The summed E-state index contributed by atoms with van der Waals surface area (Å²) in [6, 6.07) is 7.93. The number of hydrogen-bond donors (Lipinski definition) is 2. The number of rotatable bonds is 4. The molecule has 2 atom stereocenters. The number of hydrogen-bond acceptors (Lipinski definition) is 4. The van der Waals surface area contributed by atoms with Gasteiger partial charge >= 0.3 is 0 Å². The normalized spacial score (nSPS) is 24.8. The fourth-order valence-corrected chi connectivity index (χ4v) is 3.73. The number of aliphatic hydroxyl groups is 1. The number of ether oxygens (including phenoxy) is 1. The third kappa shape index (κ3) is 3.67. The molecule has 2 aliphatic rings. The van der Waals surface area contributed by atoms with E-state index in [1.165, 1.54) is 0 Å². The van der Waals surface area contributed by atoms with E-state index >= 15 is 0 Å². The van der Waals surface area contributed by atoms with Gasteiger partial charge < -0.3 is 15.2 Å². The predicted octanol–water partition coefficient (Wildman–Crippen LogP) is 1.86. The summed E-state index contributed by atoms with van der Waals surface area (Å²) >= 11 is 0. The van der Waals surface area contributed by atoms with Crippen LogP contribution in [0, 0.1) is 0 Å². The largest absolute Gasteiger partial charge is 0.493 e. The van der Waals surface area contributed by atoms with Crippen molar-refractivity contribution in [3.05, 3.63) is 29.8 Å². The van der Waals surface area contributed by atoms with Gasteiger partial charge in [-0.2, -0.15) is 0 Å². The molecule has 23 heavy (non-hydrogen) atoms. The number of carbonyl (C=O) groups is 1. The van der Waals surface area contributed by atoms with Crippen LogP contribution in [-0.4, -0.2) is 47.3 Å². The average Bonchev–Trinajstić information content (AvgIpc) is 2.96. The number of para-hydroxylation sites is 1. The minimum Gasteiger partial charge on any atom is -0.493 e. The van der Waals surface area contributed by atoms with Crippen LogP contribution >= 0.6 is 0 Å². The van der Waals surface area contributed by atoms with Crippen molar-refractivity contribution in [1.29, 1.82) is 0 Å². The lowest BCUT2D eigenvalue weighted by Crippen LogP contribution is -2.49. The van der Waals surface area contributed by atoms with Gasteiger partial charge in [0.15, 0.2) is 0 Å². The van der Waals surface area contributed by atoms with Crippen molar-refractivity contribution in [1.82, 2.24) is 10.2 Å². The monoisotopic (exact) mass is 318 g/mol. The summed E-state index contributed by atoms with van der Waals surface area (Å²) in [7, 11) is 0. The van der Waals surface area contributed by atoms with Crippen molar-refractivity contribution < 1.29 is 14.6 Å². The van der Waals surface area contributed by atoms with Crippen molar-refractivity contribution in [2.75, 3.05) is 19.7 Å². The van der Waals surface area contributed by atoms with Gasteiger partial charge in [-0.05, 0) is 39.3 Å². The fraction of sp³-hybridized carbons (Fsp3) is 0.611. The highest BCUT2D eigenvalue weighted by atomic mass is 16.5. The van der Waals surface area contributed by atoms with Crippen molar-refractivity contribution in [2.24, 2.45) is 0 Å². The molecule has 0 aliphatic carbocycles. The van der Waals surface area contributed by atoms with E-state index in [0.717, 1.165) is 37.1 Å². The zero-order valence-corrected chi connectivity index (χ0v) is 13.9. The first-order valence-electron chi connectivity index (χ1n) is 8.42. The van der Waals surface area contributed by atoms with Crippen LogP contribution in [0.3, 0.4) is 0 Å². The standard InChI is InChI=1S/C18H26N2O3/c1-18(2,22)16-8-5-10-20(16)12-17(21)19-14-9-11-23-15-7-4-3-6-13(14)15/h3-4,6-7,14,16,22H,5,8-12H2,1-2H3,(H,19,21). The Morgan fingerprint density at radius 2 is 2.17 bits per heavy atom. The van der Waals surface area contributed by atoms with Gasteiger partial charge in [0.1, 0.15) is 5.75 Å². The molecule has 2 N–H and O–H groups in total. The molecule has 0 saturated carbocycles. The van der Waals surface area contributed by atoms with Gasteiger partial charge in [-0.25, -0.2) is 0 Å². The van der Waals surface area contributed by atoms with Gasteiger partial charge in [-0.3, -0.25) is 9.69 Å². The molecule has 5 nitrogen and oxygen atoms in total. The smallest absolute Gasteiger partial charge is 0.234 e. The van der Waals surface area contributed by atoms with Gasteiger partial charge in [0.25, 0.3) is 0 Å². The molecule has 1 aromatic rings. The average molecular weight is 318 g/mol. The van der Waals surface area contributed by atoms with E-state index in [4.69, 9.17) is 4.74 Å². The van der Waals surface area contributed by atoms with Crippen LogP contribution in [0.15, 0.2) is 24.3 Å². The molecular weight excluding hydrogens is 292 g/mol. The van der Waals surface area contributed by atoms with Crippen molar-refractivity contribution in [2.45, 2.75) is 50.8 Å². The Morgan fingerprint density at radius 3 is 2.96 bits per heavy atom. The minimum atomic E-state index is -0.776. The fourth-order valence-electron chi connectivity index (χ4n) is 3.73. The Bertz CT molecular complexity index is 568. The van der Waals surface area contributed by atoms with Gasteiger partial charge in [0.2, 0.25) is 5.91 Å². The highest BCUT2D eigenvalue weighted by Crippen LogP contribution is 2.31. The van der Waals surface area contributed by atoms with Crippen LogP contribution < -0.4 is 10.1 Å². The molecule has 0 spiro atoms. The van der Waals surface area contributed by atoms with Crippen molar-refractivity contribution in [3.63, 3.8) is 0 Å². The highest BCUT2D eigenvalue weighted by Gasteiger charge is 2.36. The molecule has 2 unspecified atom stereocenters. The topological polar surface area (TPSA) is 61.8 Å². The van der Waals surface area contributed by atoms with E-state index in [9.17, 15) is 9.90 Å². The maximum absolute atomic E-state index is 12.5. The number of nitrogens with one attached hydrogen (secondary N) is 1. The number of fused-ring (bicyclic) bond motifs is 1. The third-order valence-corrected chi connectivity index (χ3v) is 4.82. The van der Waals surface area contributed by atoms with Crippen LogP contribution in [0.2, 0.25) is 0 Å². The SMILES string of the molecule is CC(C)(O)C1CCCN1CC(=O)NC1CCOc2ccccc21. The molecule has 1 fully saturated rings. The molecule has 3 rings (SSSR count). The summed E-state index contributed by atoms with van der Waals surface area (Å²) in [6.45, 7) is 5.48. The molecule has 126 valence electrons. The first kappa shape index (κ1) is 16.3. The van der Waals surface area contributed by atoms with E-state index in [1.807, 2.05) is 38.1 Å². The maximum Gasteiger partial charge on any atom is 0.234 e. The molecule has 1 saturated heterocycles. The molecule has 1 amide bonds. The van der Waals surface area contributed by atoms with Crippen LogP contribution in [0.5, 0.6) is 5.75 Å². The molecule has 0 radical (unpaired) electrons. The van der Waals surface area contributed by atoms with Crippen LogP contribution in [-0.2, 0) is 4.79 Å². The Kier molecular flexibility index (Phi) is 4.60. The highest BCUT2D eigenvalue weighted by molar-refractivity contribution is 5.78. The van der Waals surface area contributed by atoms with E-state index in [1.54, 1.807) is 0 Å². The Morgan fingerprint density at radius 1 is 1.39 bits per heavy atom. The number of carbonyl (C=O) groups excluding carboxylic acids is 1. The second-order valence-corrected chi connectivity index (χ2v) is 7.08. The first-order valence-corrected chi connectivity index (χ1v) is 8.42. The summed E-state index contributed by atoms with van der Waals surface area (Å²) in [6.07, 6.45) is 2.76. The van der Waals surface area contributed by atoms with Gasteiger partial charge in [-0.1, -0.05) is 18.2 Å². The lowest BCUT2D eigenvalue weighted by molar-refractivity contribution is -0.124. The third-order valence-electron chi connectivity index (χ3n) is 4.82. The summed E-state index contributed by atoms with van der Waals surface area (Å²) in [5.41, 5.74) is 0.273. The predicted molar refractivity (Wildman–Crippen MR) is 88.3 cm³/mol. The van der Waals surface area contributed by atoms with Crippen molar-refractivity contribution in [3.8, 4) is 5.75 Å². The van der Waals surface area contributed by atoms with E-state index < -0.39 is 5.60 Å². The quantitative estimate of drug-likeness (QED) is 0.889. The number of nitrogens with zero attached hydrogens (tertiary/aromatic N) is 1. The van der Waals surface area contributed by atoms with E-state index in [0.29, 0.717) is 13.2 Å². The molecular formula is C18H26N2O3. The molecule has 2 aliphatic heterocycles. The number of amides is 1. The summed E-state index contributed by atoms with van der Waals surface area (Å²) in [5, 5.41) is 13.4. The zero-order chi connectivity index (χ0) is 16.4. The lowest BCUT2D eigenvalue weighted by Gasteiger charge is -2.34. The molecule has 0 aromatic heterocycles. The minimum absolute atomic E-state index is 0.00985. The van der Waals surface area contributed by atoms with Gasteiger partial charge in [-0.15, -0.1) is 0 Å². The van der Waals surface area contributed by atoms with Crippen LogP contribution in [0.4, 0.5) is 0 Å². The zero-order valence-electron chi connectivity index (χ0n) is 13.9. The van der Waals surface area contributed by atoms with Crippen LogP contribution in [0.25, 0.3) is 0 Å². The molecule has 5 heteroatoms. The second kappa shape index (κ2) is 6.49. The first-order chi connectivity index (χ1) is 10.9. The summed E-state index contributed by atoms with van der Waals surface area (Å²) in [4.78, 5) is 14.6. The number of benzene rings is 1. The van der Waals surface area contributed by atoms with Gasteiger partial charge in [0, 0.05) is 18.0 Å². The number of likely N-dealkylation sites (tertiary alicyclic amines) is 1. The van der Waals surface area contributed by atoms with E-state index in [-0.39, 0.29) is 18.0 Å². The Hall–Kier alpha value is -1.59. The lowest BCUT2D eigenvalue weighted by atomic mass is 9.96.